The van der Waals surface area contributed by atoms with Crippen LogP contribution in [0.25, 0.3) is 0 Å². The van der Waals surface area contributed by atoms with Gasteiger partial charge in [0.15, 0.2) is 0 Å². The first-order valence-electron chi connectivity index (χ1n) is 3.75. The third kappa shape index (κ3) is 1.68. The van der Waals surface area contributed by atoms with Gasteiger partial charge < -0.3 is 4.74 Å². The molecule has 0 N–H and O–H groups in total. The summed E-state index contributed by atoms with van der Waals surface area (Å²) < 4.78 is 26.9. The van der Waals surface area contributed by atoms with E-state index in [4.69, 9.17) is 8.85 Å². The first-order chi connectivity index (χ1) is 5.57. The molecule has 0 amide bonds. The molecule has 1 aromatic rings. The van der Waals surface area contributed by atoms with Gasteiger partial charge in [-0.1, -0.05) is 15.9 Å². The van der Waals surface area contributed by atoms with Crippen molar-refractivity contribution in [2.75, 3.05) is 7.11 Å². The van der Waals surface area contributed by atoms with Crippen molar-refractivity contribution in [1.29, 1.82) is 0 Å². The molecule has 0 aromatic carbocycles. The van der Waals surface area contributed by atoms with Crippen LogP contribution in [0.2, 0.25) is 0 Å². The van der Waals surface area contributed by atoms with Gasteiger partial charge in [-0.05, 0) is 6.04 Å². The average molecular weight is 191 g/mol. The zero-order chi connectivity index (χ0) is 9.30. The lowest BCUT2D eigenvalue weighted by molar-refractivity contribution is 0.397. The molecule has 0 aliphatic carbocycles. The molecule has 0 bridgehead atoms. The Bertz CT molecular complexity index is 318. The Balaban J connectivity index is 3.39. The van der Waals surface area contributed by atoms with Crippen LogP contribution in [0.5, 0.6) is 5.88 Å². The SMILES string of the molecule is [2H]c1nc(OC)c([2H])c(Br)c1[2H]. The van der Waals surface area contributed by atoms with Crippen molar-refractivity contribution in [3.05, 3.63) is 22.7 Å². The second-order valence-electron chi connectivity index (χ2n) is 1.30. The fourth-order valence-corrected chi connectivity index (χ4v) is 0.636. The monoisotopic (exact) mass is 190 g/mol. The predicted molar refractivity (Wildman–Crippen MR) is 38.5 cm³/mol. The Labute approximate surface area is 66.2 Å². The zero-order valence-electron chi connectivity index (χ0n) is 7.73. The van der Waals surface area contributed by atoms with E-state index >= 15 is 0 Å². The molecule has 0 atom stereocenters. The lowest BCUT2D eigenvalue weighted by Gasteiger charge is -1.95. The van der Waals surface area contributed by atoms with E-state index in [1.165, 1.54) is 7.11 Å². The van der Waals surface area contributed by atoms with Crippen LogP contribution in [-0.2, 0) is 0 Å². The fraction of sp³-hybridized carbons (Fsp3) is 0.167. The Morgan fingerprint density at radius 1 is 1.89 bits per heavy atom. The number of pyridine rings is 1. The molecule has 0 unspecified atom stereocenters. The van der Waals surface area contributed by atoms with Crippen LogP contribution < -0.4 is 4.74 Å². The van der Waals surface area contributed by atoms with Crippen LogP contribution in [0.1, 0.15) is 4.11 Å². The predicted octanol–water partition coefficient (Wildman–Crippen LogP) is 1.85. The number of nitrogens with zero attached hydrogens (tertiary/aromatic N) is 1. The Hall–Kier alpha value is -0.570. The van der Waals surface area contributed by atoms with E-state index in [1.807, 2.05) is 0 Å². The molecule has 0 radical (unpaired) electrons. The number of aromatic nitrogens is 1. The van der Waals surface area contributed by atoms with Gasteiger partial charge in [0.2, 0.25) is 5.88 Å². The normalized spacial score (nSPS) is 13.8. The topological polar surface area (TPSA) is 22.1 Å². The molecular formula is C6H6BrNO. The third-order valence-corrected chi connectivity index (χ3v) is 1.13. The van der Waals surface area contributed by atoms with Crippen molar-refractivity contribution in [2.45, 2.75) is 0 Å². The number of rotatable bonds is 1. The van der Waals surface area contributed by atoms with Crippen molar-refractivity contribution in [3.63, 3.8) is 0 Å². The van der Waals surface area contributed by atoms with E-state index in [-0.39, 0.29) is 28.6 Å². The van der Waals surface area contributed by atoms with Gasteiger partial charge in [0.05, 0.1) is 11.2 Å². The highest BCUT2D eigenvalue weighted by Gasteiger charge is 1.89. The maximum atomic E-state index is 7.40. The average Bonchev–Trinajstić information content (AvgIpc) is 2.08. The summed E-state index contributed by atoms with van der Waals surface area (Å²) in [4.78, 5) is 3.59. The lowest BCUT2D eigenvalue weighted by Crippen LogP contribution is -1.84. The Morgan fingerprint density at radius 2 is 2.67 bits per heavy atom. The van der Waals surface area contributed by atoms with Crippen LogP contribution in [0.4, 0.5) is 0 Å². The van der Waals surface area contributed by atoms with Gasteiger partial charge in [0.1, 0.15) is 0 Å². The van der Waals surface area contributed by atoms with Gasteiger partial charge in [0.25, 0.3) is 0 Å². The molecule has 3 heteroatoms. The van der Waals surface area contributed by atoms with Gasteiger partial charge in [-0.2, -0.15) is 0 Å². The van der Waals surface area contributed by atoms with Gasteiger partial charge in [-0.3, -0.25) is 0 Å². The van der Waals surface area contributed by atoms with Crippen molar-refractivity contribution < 1.29 is 8.85 Å². The molecule has 1 aromatic heterocycles. The van der Waals surface area contributed by atoms with Gasteiger partial charge in [-0.25, -0.2) is 4.98 Å². The minimum atomic E-state index is -0.199. The standard InChI is InChI=1S/C6H6BrNO/c1-9-6-4-5(7)2-3-8-6/h2-4H,1H3/i2D,3D,4D. The van der Waals surface area contributed by atoms with Crippen LogP contribution in [0.15, 0.2) is 22.7 Å². The summed E-state index contributed by atoms with van der Waals surface area (Å²) in [5.41, 5.74) is 0. The molecule has 9 heavy (non-hydrogen) atoms. The van der Waals surface area contributed by atoms with Crippen molar-refractivity contribution in [3.8, 4) is 5.88 Å². The Morgan fingerprint density at radius 3 is 3.33 bits per heavy atom. The summed E-state index contributed by atoms with van der Waals surface area (Å²) in [5.74, 6) is 0.0582. The van der Waals surface area contributed by atoms with Crippen LogP contribution in [0.3, 0.4) is 0 Å². The highest BCUT2D eigenvalue weighted by atomic mass is 79.9. The lowest BCUT2D eigenvalue weighted by atomic mass is 10.5. The summed E-state index contributed by atoms with van der Waals surface area (Å²) in [5, 5.41) is 0. The molecule has 0 aliphatic heterocycles. The molecule has 0 saturated heterocycles. The summed E-state index contributed by atoms with van der Waals surface area (Å²) in [6.07, 6.45) is -0.199. The largest absolute Gasteiger partial charge is 0.481 e. The van der Waals surface area contributed by atoms with E-state index in [2.05, 4.69) is 20.9 Å². The second kappa shape index (κ2) is 2.82. The van der Waals surface area contributed by atoms with Gasteiger partial charge >= 0.3 is 0 Å². The van der Waals surface area contributed by atoms with Crippen LogP contribution in [0, 0.1) is 0 Å². The number of ether oxygens (including phenoxy) is 1. The number of halogens is 1. The summed E-state index contributed by atoms with van der Waals surface area (Å²) in [7, 11) is 1.37. The number of methoxy groups -OCH3 is 1. The maximum Gasteiger partial charge on any atom is 0.214 e. The van der Waals surface area contributed by atoms with Gasteiger partial charge in [-0.15, -0.1) is 0 Å². The van der Waals surface area contributed by atoms with E-state index in [9.17, 15) is 0 Å². The first kappa shape index (κ1) is 3.56. The molecule has 0 spiro atoms. The third-order valence-electron chi connectivity index (χ3n) is 0.733. The van der Waals surface area contributed by atoms with Crippen LogP contribution in [-0.4, -0.2) is 12.1 Å². The number of hydrogen-bond donors (Lipinski definition) is 0. The van der Waals surface area contributed by atoms with Crippen molar-refractivity contribution in [2.24, 2.45) is 0 Å². The van der Waals surface area contributed by atoms with Crippen molar-refractivity contribution in [1.82, 2.24) is 4.98 Å². The molecule has 0 fully saturated rings. The molecule has 2 nitrogen and oxygen atoms in total. The fourth-order valence-electron chi connectivity index (χ4n) is 0.378. The quantitative estimate of drug-likeness (QED) is 0.675. The zero-order valence-corrected chi connectivity index (χ0v) is 6.32. The van der Waals surface area contributed by atoms with Crippen molar-refractivity contribution >= 4 is 15.9 Å². The van der Waals surface area contributed by atoms with Gasteiger partial charge in [0, 0.05) is 16.7 Å². The number of hydrogen-bond acceptors (Lipinski definition) is 2. The van der Waals surface area contributed by atoms with E-state index in [0.29, 0.717) is 0 Å². The highest BCUT2D eigenvalue weighted by Crippen LogP contribution is 2.13. The van der Waals surface area contributed by atoms with Crippen LogP contribution >= 0.6 is 15.9 Å². The molecule has 48 valence electrons. The van der Waals surface area contributed by atoms with E-state index in [1.54, 1.807) is 0 Å². The second-order valence-corrected chi connectivity index (χ2v) is 2.09. The maximum absolute atomic E-state index is 7.40. The molecule has 0 aliphatic rings. The minimum Gasteiger partial charge on any atom is -0.481 e. The summed E-state index contributed by atoms with van der Waals surface area (Å²) in [6.45, 7) is 0. The van der Waals surface area contributed by atoms with E-state index < -0.39 is 0 Å². The molecule has 1 heterocycles. The highest BCUT2D eigenvalue weighted by molar-refractivity contribution is 9.10. The molecule has 1 rings (SSSR count). The molecule has 0 saturated carbocycles. The summed E-state index contributed by atoms with van der Waals surface area (Å²) >= 11 is 3.01. The minimum absolute atomic E-state index is 0.00139. The Kier molecular flexibility index (Phi) is 1.12. The smallest absolute Gasteiger partial charge is 0.214 e. The molecular weight excluding hydrogens is 182 g/mol. The van der Waals surface area contributed by atoms with E-state index in [0.717, 1.165) is 0 Å². The summed E-state index contributed by atoms with van der Waals surface area (Å²) in [6, 6.07) is -0.0979. The first-order valence-corrected chi connectivity index (χ1v) is 3.04.